The monoisotopic (exact) mass is 516 g/mol. The minimum Gasteiger partial charge on any atom is -0.371 e. The van der Waals surface area contributed by atoms with Crippen LogP contribution >= 0.6 is 11.6 Å². The third kappa shape index (κ3) is 5.17. The number of nitrogens with zero attached hydrogens (tertiary/aromatic N) is 3. The van der Waals surface area contributed by atoms with Gasteiger partial charge in [-0.05, 0) is 41.3 Å². The molecule has 2 aliphatic heterocycles. The van der Waals surface area contributed by atoms with Crippen molar-refractivity contribution in [2.75, 3.05) is 31.1 Å². The maximum absolute atomic E-state index is 14.6. The number of piperazine rings is 1. The van der Waals surface area contributed by atoms with Crippen molar-refractivity contribution in [3.8, 4) is 11.1 Å². The van der Waals surface area contributed by atoms with Crippen LogP contribution in [0.5, 0.6) is 0 Å². The Morgan fingerprint density at radius 1 is 1.14 bits per heavy atom. The van der Waals surface area contributed by atoms with Crippen molar-refractivity contribution < 1.29 is 23.9 Å². The van der Waals surface area contributed by atoms with Gasteiger partial charge in [0, 0.05) is 36.6 Å². The molecule has 8 nitrogen and oxygen atoms in total. The molecule has 3 amide bonds. The fourth-order valence-corrected chi connectivity index (χ4v) is 4.97. The molecule has 0 radical (unpaired) electrons. The van der Waals surface area contributed by atoms with Gasteiger partial charge in [0.1, 0.15) is 12.0 Å². The largest absolute Gasteiger partial charge is 0.371 e. The molecule has 1 saturated heterocycles. The van der Waals surface area contributed by atoms with Crippen LogP contribution in [0.4, 0.5) is 10.1 Å². The number of halogens is 2. The second kappa shape index (κ2) is 9.71. The van der Waals surface area contributed by atoms with Gasteiger partial charge < -0.3 is 25.5 Å². The van der Waals surface area contributed by atoms with Crippen LogP contribution in [0.3, 0.4) is 0 Å². The summed E-state index contributed by atoms with van der Waals surface area (Å²) in [5.41, 5.74) is 6.49. The van der Waals surface area contributed by atoms with Crippen molar-refractivity contribution in [3.63, 3.8) is 0 Å². The molecule has 3 N–H and O–H groups in total. The number of fused-ring (bicyclic) bond motifs is 2. The van der Waals surface area contributed by atoms with E-state index in [4.69, 9.17) is 17.3 Å². The summed E-state index contributed by atoms with van der Waals surface area (Å²) in [7, 11) is 0. The van der Waals surface area contributed by atoms with Gasteiger partial charge in [-0.2, -0.15) is 0 Å². The van der Waals surface area contributed by atoms with E-state index in [2.05, 4.69) is 0 Å². The van der Waals surface area contributed by atoms with Crippen LogP contribution in [0.25, 0.3) is 11.1 Å². The van der Waals surface area contributed by atoms with E-state index in [0.29, 0.717) is 24.2 Å². The van der Waals surface area contributed by atoms with Crippen molar-refractivity contribution in [2.45, 2.75) is 39.5 Å². The zero-order chi connectivity index (χ0) is 26.4. The Labute approximate surface area is 214 Å². The van der Waals surface area contributed by atoms with Crippen molar-refractivity contribution in [3.05, 3.63) is 52.8 Å². The molecule has 0 saturated carbocycles. The summed E-state index contributed by atoms with van der Waals surface area (Å²) in [6.07, 6.45) is -0.962. The molecule has 2 aromatic rings. The summed E-state index contributed by atoms with van der Waals surface area (Å²) >= 11 is 5.89. The first-order valence-corrected chi connectivity index (χ1v) is 12.1. The van der Waals surface area contributed by atoms with Crippen LogP contribution in [0.2, 0.25) is 5.02 Å². The number of carbonyl (C=O) groups excluding carboxylic acids is 3. The maximum Gasteiger partial charge on any atom is 0.256 e. The predicted octanol–water partition coefficient (Wildman–Crippen LogP) is 2.86. The molecule has 2 aliphatic rings. The van der Waals surface area contributed by atoms with Crippen molar-refractivity contribution in [2.24, 2.45) is 11.1 Å². The molecule has 36 heavy (non-hydrogen) atoms. The molecule has 4 rings (SSSR count). The molecular weight excluding hydrogens is 487 g/mol. The number of rotatable bonds is 4. The minimum atomic E-state index is -1.29. The zero-order valence-corrected chi connectivity index (χ0v) is 21.3. The Morgan fingerprint density at radius 2 is 1.86 bits per heavy atom. The van der Waals surface area contributed by atoms with Gasteiger partial charge >= 0.3 is 0 Å². The molecule has 2 atom stereocenters. The molecule has 1 fully saturated rings. The van der Waals surface area contributed by atoms with Gasteiger partial charge in [-0.3, -0.25) is 14.4 Å². The Kier molecular flexibility index (Phi) is 6.99. The summed E-state index contributed by atoms with van der Waals surface area (Å²) < 4.78 is 14.6. The molecule has 192 valence electrons. The molecule has 0 aliphatic carbocycles. The predicted molar refractivity (Wildman–Crippen MR) is 135 cm³/mol. The van der Waals surface area contributed by atoms with Crippen LogP contribution in [0.15, 0.2) is 36.4 Å². The van der Waals surface area contributed by atoms with E-state index >= 15 is 0 Å². The fourth-order valence-electron chi connectivity index (χ4n) is 4.81. The number of nitrogens with two attached hydrogens (primary N) is 1. The van der Waals surface area contributed by atoms with Gasteiger partial charge in [-0.25, -0.2) is 4.39 Å². The number of carbonyl (C=O) groups is 3. The lowest BCUT2D eigenvalue weighted by molar-refractivity contribution is -0.137. The highest BCUT2D eigenvalue weighted by Gasteiger charge is 2.44. The lowest BCUT2D eigenvalue weighted by atomic mass is 9.91. The molecule has 2 aromatic carbocycles. The van der Waals surface area contributed by atoms with E-state index in [9.17, 15) is 23.9 Å². The average Bonchev–Trinajstić information content (AvgIpc) is 2.87. The first kappa shape index (κ1) is 25.9. The van der Waals surface area contributed by atoms with Gasteiger partial charge in [-0.1, -0.05) is 38.4 Å². The number of anilines is 1. The molecule has 2 heterocycles. The van der Waals surface area contributed by atoms with E-state index in [1.807, 2.05) is 20.8 Å². The molecule has 0 spiro atoms. The zero-order valence-electron chi connectivity index (χ0n) is 20.5. The normalized spacial score (nSPS) is 20.1. The number of primary amides is 1. The van der Waals surface area contributed by atoms with Crippen LogP contribution in [0.1, 0.15) is 37.6 Å². The maximum atomic E-state index is 14.6. The Hall–Kier alpha value is -3.17. The van der Waals surface area contributed by atoms with E-state index in [0.717, 1.165) is 0 Å². The number of hydrogen-bond donors (Lipinski definition) is 2. The van der Waals surface area contributed by atoms with Gasteiger partial charge in [0.25, 0.3) is 5.91 Å². The minimum absolute atomic E-state index is 0.0643. The number of benzene rings is 2. The lowest BCUT2D eigenvalue weighted by Crippen LogP contribution is -2.63. The molecular formula is C26H30ClFN4O4. The van der Waals surface area contributed by atoms with Crippen molar-refractivity contribution >= 4 is 35.0 Å². The first-order valence-electron chi connectivity index (χ1n) is 11.8. The quantitative estimate of drug-likeness (QED) is 0.650. The number of hydrogen-bond acceptors (Lipinski definition) is 5. The molecule has 0 bridgehead atoms. The summed E-state index contributed by atoms with van der Waals surface area (Å²) in [5.74, 6) is -1.67. The van der Waals surface area contributed by atoms with Gasteiger partial charge in [0.05, 0.1) is 23.8 Å². The summed E-state index contributed by atoms with van der Waals surface area (Å²) in [4.78, 5) is 43.1. The highest BCUT2D eigenvalue weighted by atomic mass is 35.5. The summed E-state index contributed by atoms with van der Waals surface area (Å²) in [6, 6.07) is 8.23. The van der Waals surface area contributed by atoms with E-state index in [-0.39, 0.29) is 53.0 Å². The number of aliphatic hydroxyl groups excluding tert-OH is 1. The van der Waals surface area contributed by atoms with E-state index < -0.39 is 24.0 Å². The molecule has 0 aromatic heterocycles. The summed E-state index contributed by atoms with van der Waals surface area (Å²) in [5, 5.41) is 11.6. The number of amides is 3. The number of aliphatic hydroxyl groups is 1. The van der Waals surface area contributed by atoms with Gasteiger partial charge in [0.2, 0.25) is 11.8 Å². The third-order valence-corrected chi connectivity index (χ3v) is 6.72. The Balaban J connectivity index is 1.74. The topological polar surface area (TPSA) is 107 Å². The Bertz CT molecular complexity index is 1210. The average molecular weight is 517 g/mol. The van der Waals surface area contributed by atoms with Crippen LogP contribution in [-0.4, -0.2) is 71.1 Å². The van der Waals surface area contributed by atoms with Crippen LogP contribution in [-0.2, 0) is 9.59 Å². The molecule has 10 heteroatoms. The van der Waals surface area contributed by atoms with Crippen LogP contribution < -0.4 is 10.6 Å². The van der Waals surface area contributed by atoms with Gasteiger partial charge in [0.15, 0.2) is 0 Å². The summed E-state index contributed by atoms with van der Waals surface area (Å²) in [6.45, 7) is 6.22. The third-order valence-electron chi connectivity index (χ3n) is 6.48. The smallest absolute Gasteiger partial charge is 0.256 e. The Morgan fingerprint density at radius 3 is 2.50 bits per heavy atom. The highest BCUT2D eigenvalue weighted by molar-refractivity contribution is 6.30. The lowest BCUT2D eigenvalue weighted by Gasteiger charge is -2.44. The first-order chi connectivity index (χ1) is 16.9. The second-order valence-electron chi connectivity index (χ2n) is 10.5. The standard InChI is InChI=1S/C26H30ClFN4O4/c1-26(2,3)12-23(34)30-8-9-31-21(13-30)25(36)32(14-22(29)33)20-7-4-15(10-18(20)24(31)35)17-6-5-16(27)11-19(17)28/h4-7,10-11,21,25,36H,8-9,12-14H2,1-3H3,(H2,29,33)/t21-,25?/m1/s1. The van der Waals surface area contributed by atoms with Crippen molar-refractivity contribution in [1.82, 2.24) is 9.80 Å². The van der Waals surface area contributed by atoms with Crippen LogP contribution in [0, 0.1) is 11.2 Å². The molecule has 1 unspecified atom stereocenters. The van der Waals surface area contributed by atoms with Gasteiger partial charge in [-0.15, -0.1) is 0 Å². The second-order valence-corrected chi connectivity index (χ2v) is 10.9. The fraction of sp³-hybridized carbons (Fsp3) is 0.423. The highest BCUT2D eigenvalue weighted by Crippen LogP contribution is 2.36. The van der Waals surface area contributed by atoms with E-state index in [1.54, 1.807) is 29.2 Å². The SMILES string of the molecule is CC(C)(C)CC(=O)N1CCN2C(=O)c3cc(-c4ccc(Cl)cc4F)ccc3N(CC(N)=O)C(O)[C@H]2C1. The van der Waals surface area contributed by atoms with Crippen molar-refractivity contribution in [1.29, 1.82) is 0 Å². The van der Waals surface area contributed by atoms with E-state index in [1.165, 1.54) is 21.9 Å².